The van der Waals surface area contributed by atoms with Crippen LogP contribution in [0.25, 0.3) is 0 Å². The van der Waals surface area contributed by atoms with Crippen LogP contribution < -0.4 is 5.32 Å². The van der Waals surface area contributed by atoms with Crippen molar-refractivity contribution >= 4 is 5.91 Å². The third-order valence-corrected chi connectivity index (χ3v) is 2.45. The molecule has 1 rings (SSSR count). The summed E-state index contributed by atoms with van der Waals surface area (Å²) in [6.07, 6.45) is 8.44. The van der Waals surface area contributed by atoms with E-state index in [-0.39, 0.29) is 5.91 Å². The summed E-state index contributed by atoms with van der Waals surface area (Å²) in [4.78, 5) is 13.1. The molecule has 72 valence electrons. The van der Waals surface area contributed by atoms with Crippen LogP contribution in [0.15, 0.2) is 0 Å². The third kappa shape index (κ3) is 2.46. The number of rotatable bonds is 2. The summed E-state index contributed by atoms with van der Waals surface area (Å²) >= 11 is 0. The van der Waals surface area contributed by atoms with Crippen molar-refractivity contribution in [2.75, 3.05) is 20.1 Å². The molecule has 1 aliphatic rings. The Kier molecular flexibility index (Phi) is 3.78. The fraction of sp³-hybridized carbons (Fsp3) is 0.700. The molecule has 3 nitrogen and oxygen atoms in total. The van der Waals surface area contributed by atoms with Gasteiger partial charge >= 0.3 is 0 Å². The molecule has 0 radical (unpaired) electrons. The molecule has 0 aromatic carbocycles. The van der Waals surface area contributed by atoms with E-state index >= 15 is 0 Å². The Morgan fingerprint density at radius 3 is 3.08 bits per heavy atom. The predicted molar refractivity (Wildman–Crippen MR) is 52.1 cm³/mol. The van der Waals surface area contributed by atoms with Gasteiger partial charge in [0, 0.05) is 19.1 Å². The van der Waals surface area contributed by atoms with Gasteiger partial charge in [0.25, 0.3) is 5.91 Å². The maximum absolute atomic E-state index is 11.3. The van der Waals surface area contributed by atoms with Gasteiger partial charge in [0.2, 0.25) is 0 Å². The highest BCUT2D eigenvalue weighted by molar-refractivity contribution is 5.93. The Bertz CT molecular complexity index is 217. The normalized spacial score (nSPS) is 22.5. The molecule has 1 amide bonds. The maximum Gasteiger partial charge on any atom is 0.298 e. The highest BCUT2D eigenvalue weighted by Crippen LogP contribution is 2.16. The van der Waals surface area contributed by atoms with E-state index in [9.17, 15) is 4.79 Å². The minimum atomic E-state index is -0.167. The number of likely N-dealkylation sites (N-methyl/N-ethyl adjacent to an activating group) is 1. The smallest absolute Gasteiger partial charge is 0.298 e. The summed E-state index contributed by atoms with van der Waals surface area (Å²) in [7, 11) is 1.90. The minimum absolute atomic E-state index is 0.167. The van der Waals surface area contributed by atoms with E-state index < -0.39 is 0 Å². The van der Waals surface area contributed by atoms with Gasteiger partial charge in [-0.25, -0.2) is 0 Å². The zero-order valence-corrected chi connectivity index (χ0v) is 8.05. The van der Waals surface area contributed by atoms with Crippen molar-refractivity contribution in [3.63, 3.8) is 0 Å². The monoisotopic (exact) mass is 180 g/mol. The number of hydrogen-bond acceptors (Lipinski definition) is 2. The topological polar surface area (TPSA) is 32.3 Å². The Balaban J connectivity index is 2.57. The molecule has 1 aliphatic heterocycles. The van der Waals surface area contributed by atoms with Gasteiger partial charge < -0.3 is 10.2 Å². The van der Waals surface area contributed by atoms with E-state index in [1.54, 1.807) is 4.90 Å². The molecule has 0 aliphatic carbocycles. The van der Waals surface area contributed by atoms with Crippen LogP contribution >= 0.6 is 0 Å². The second kappa shape index (κ2) is 4.88. The lowest BCUT2D eigenvalue weighted by Crippen LogP contribution is -2.47. The quantitative estimate of drug-likeness (QED) is 0.617. The van der Waals surface area contributed by atoms with Crippen LogP contribution in [0.5, 0.6) is 0 Å². The number of carbonyl (C=O) groups excluding carboxylic acids is 1. The molecule has 0 saturated carbocycles. The summed E-state index contributed by atoms with van der Waals surface area (Å²) in [5, 5.41) is 3.08. The summed E-state index contributed by atoms with van der Waals surface area (Å²) in [6.45, 7) is 1.66. The zero-order chi connectivity index (χ0) is 9.68. The number of terminal acetylenes is 1. The van der Waals surface area contributed by atoms with Crippen LogP contribution in [0, 0.1) is 12.3 Å². The van der Waals surface area contributed by atoms with Crippen LogP contribution in [-0.4, -0.2) is 37.0 Å². The van der Waals surface area contributed by atoms with Crippen molar-refractivity contribution in [3.05, 3.63) is 0 Å². The largest absolute Gasteiger partial charge is 0.328 e. The first-order chi connectivity index (χ1) is 6.29. The van der Waals surface area contributed by atoms with Crippen LogP contribution in [-0.2, 0) is 4.79 Å². The zero-order valence-electron chi connectivity index (χ0n) is 8.05. The number of nitrogens with one attached hydrogen (secondary N) is 1. The van der Waals surface area contributed by atoms with E-state index in [2.05, 4.69) is 11.2 Å². The molecule has 0 bridgehead atoms. The molecular weight excluding hydrogens is 164 g/mol. The molecule has 1 heterocycles. The summed E-state index contributed by atoms with van der Waals surface area (Å²) in [6, 6.07) is 0.294. The van der Waals surface area contributed by atoms with Gasteiger partial charge in [0.1, 0.15) is 0 Å². The van der Waals surface area contributed by atoms with Crippen LogP contribution in [0.1, 0.15) is 19.3 Å². The van der Waals surface area contributed by atoms with Crippen LogP contribution in [0.4, 0.5) is 0 Å². The molecule has 13 heavy (non-hydrogen) atoms. The van der Waals surface area contributed by atoms with E-state index in [0.29, 0.717) is 6.04 Å². The predicted octanol–water partition coefficient (Wildman–Crippen LogP) is 0.220. The van der Waals surface area contributed by atoms with E-state index in [4.69, 9.17) is 6.42 Å². The molecule has 0 spiro atoms. The number of hydrogen-bond donors (Lipinski definition) is 1. The molecular formula is C10H16N2O. The lowest BCUT2D eigenvalue weighted by Gasteiger charge is -2.34. The Morgan fingerprint density at radius 1 is 1.69 bits per heavy atom. The minimum Gasteiger partial charge on any atom is -0.328 e. The number of carbonyl (C=O) groups is 1. The standard InChI is InChI=1S/C10H16N2O/c1-3-10(13)12-7-5-4-6-9(12)8-11-2/h1,9,11H,4-8H2,2H3. The highest BCUT2D eigenvalue weighted by atomic mass is 16.2. The Morgan fingerprint density at radius 2 is 2.46 bits per heavy atom. The van der Waals surface area contributed by atoms with Crippen LogP contribution in [0.2, 0.25) is 0 Å². The van der Waals surface area contributed by atoms with Gasteiger partial charge in [-0.3, -0.25) is 4.79 Å². The first kappa shape index (κ1) is 10.1. The SMILES string of the molecule is C#CC(=O)N1CCCCC1CNC. The van der Waals surface area contributed by atoms with E-state index in [1.165, 1.54) is 6.42 Å². The molecule has 1 atom stereocenters. The number of likely N-dealkylation sites (tertiary alicyclic amines) is 1. The Labute approximate surface area is 79.5 Å². The van der Waals surface area contributed by atoms with Gasteiger partial charge in [-0.2, -0.15) is 0 Å². The molecule has 1 unspecified atom stereocenters. The molecule has 1 N–H and O–H groups in total. The van der Waals surface area contributed by atoms with E-state index in [1.807, 2.05) is 7.05 Å². The summed E-state index contributed by atoms with van der Waals surface area (Å²) in [5.41, 5.74) is 0. The molecule has 1 saturated heterocycles. The first-order valence-electron chi connectivity index (χ1n) is 4.71. The first-order valence-corrected chi connectivity index (χ1v) is 4.71. The Hall–Kier alpha value is -1.01. The average molecular weight is 180 g/mol. The van der Waals surface area contributed by atoms with Gasteiger partial charge in [-0.05, 0) is 32.2 Å². The van der Waals surface area contributed by atoms with Crippen molar-refractivity contribution in [1.82, 2.24) is 10.2 Å². The molecule has 0 aromatic rings. The summed E-state index contributed by atoms with van der Waals surface area (Å²) in [5.74, 6) is 2.02. The molecule has 0 aromatic heterocycles. The average Bonchev–Trinajstić information content (AvgIpc) is 2.18. The number of piperidine rings is 1. The van der Waals surface area contributed by atoms with Crippen molar-refractivity contribution in [1.29, 1.82) is 0 Å². The van der Waals surface area contributed by atoms with Crippen LogP contribution in [0.3, 0.4) is 0 Å². The van der Waals surface area contributed by atoms with Gasteiger partial charge in [0.15, 0.2) is 0 Å². The highest BCUT2D eigenvalue weighted by Gasteiger charge is 2.24. The fourth-order valence-corrected chi connectivity index (χ4v) is 1.80. The van der Waals surface area contributed by atoms with E-state index in [0.717, 1.165) is 25.9 Å². The lowest BCUT2D eigenvalue weighted by molar-refractivity contribution is -0.128. The van der Waals surface area contributed by atoms with Crippen molar-refractivity contribution < 1.29 is 4.79 Å². The van der Waals surface area contributed by atoms with Gasteiger partial charge in [-0.1, -0.05) is 0 Å². The van der Waals surface area contributed by atoms with Crippen molar-refractivity contribution in [2.45, 2.75) is 25.3 Å². The third-order valence-electron chi connectivity index (χ3n) is 2.45. The number of amides is 1. The van der Waals surface area contributed by atoms with Crippen molar-refractivity contribution in [3.8, 4) is 12.3 Å². The molecule has 3 heteroatoms. The van der Waals surface area contributed by atoms with Crippen molar-refractivity contribution in [2.24, 2.45) is 0 Å². The van der Waals surface area contributed by atoms with Gasteiger partial charge in [0.05, 0.1) is 0 Å². The van der Waals surface area contributed by atoms with Gasteiger partial charge in [-0.15, -0.1) is 6.42 Å². The fourth-order valence-electron chi connectivity index (χ4n) is 1.80. The maximum atomic E-state index is 11.3. The molecule has 1 fully saturated rings. The second-order valence-corrected chi connectivity index (χ2v) is 3.35. The second-order valence-electron chi connectivity index (χ2n) is 3.35. The number of nitrogens with zero attached hydrogens (tertiary/aromatic N) is 1. The summed E-state index contributed by atoms with van der Waals surface area (Å²) < 4.78 is 0. The lowest BCUT2D eigenvalue weighted by atomic mass is 10.0.